The van der Waals surface area contributed by atoms with Crippen LogP contribution in [0.25, 0.3) is 0 Å². The van der Waals surface area contributed by atoms with Crippen molar-refractivity contribution in [2.45, 2.75) is 13.8 Å². The van der Waals surface area contributed by atoms with E-state index in [1.54, 1.807) is 21.3 Å². The average molecular weight is 193 g/mol. The standard InChI is InChI=1S/C7H19NO3Si/c1-7(2)6-8-12(9-3,10-4)11-5/h7-8H,6H2,1-5H3. The maximum atomic E-state index is 5.17. The fourth-order valence-corrected chi connectivity index (χ4v) is 2.39. The molecule has 0 saturated heterocycles. The molecule has 0 aliphatic rings. The summed E-state index contributed by atoms with van der Waals surface area (Å²) >= 11 is 0. The Hall–Kier alpha value is 0.0569. The van der Waals surface area contributed by atoms with Crippen LogP contribution in [-0.4, -0.2) is 36.8 Å². The van der Waals surface area contributed by atoms with Crippen LogP contribution in [0.15, 0.2) is 0 Å². The lowest BCUT2D eigenvalue weighted by Crippen LogP contribution is -2.57. The van der Waals surface area contributed by atoms with E-state index in [1.165, 1.54) is 0 Å². The molecule has 0 aromatic rings. The Morgan fingerprint density at radius 2 is 1.50 bits per heavy atom. The fourth-order valence-electron chi connectivity index (χ4n) is 0.796. The second kappa shape index (κ2) is 5.66. The molecular formula is C7H19NO3Si. The summed E-state index contributed by atoms with van der Waals surface area (Å²) in [5.74, 6) is 0.553. The Balaban J connectivity index is 3.93. The first-order chi connectivity index (χ1) is 5.60. The van der Waals surface area contributed by atoms with Crippen molar-refractivity contribution >= 4 is 8.97 Å². The average Bonchev–Trinajstić information content (AvgIpc) is 2.08. The molecular weight excluding hydrogens is 174 g/mol. The van der Waals surface area contributed by atoms with E-state index in [9.17, 15) is 0 Å². The van der Waals surface area contributed by atoms with Gasteiger partial charge in [-0.05, 0) is 12.5 Å². The van der Waals surface area contributed by atoms with Gasteiger partial charge in [0.2, 0.25) is 0 Å². The lowest BCUT2D eigenvalue weighted by Gasteiger charge is -2.25. The molecule has 0 atom stereocenters. The van der Waals surface area contributed by atoms with E-state index in [4.69, 9.17) is 13.3 Å². The van der Waals surface area contributed by atoms with E-state index in [-0.39, 0.29) is 0 Å². The fraction of sp³-hybridized carbons (Fsp3) is 1.00. The third-order valence-electron chi connectivity index (χ3n) is 1.53. The Kier molecular flexibility index (Phi) is 5.69. The quantitative estimate of drug-likeness (QED) is 0.627. The van der Waals surface area contributed by atoms with E-state index in [0.717, 1.165) is 6.54 Å². The highest BCUT2D eigenvalue weighted by Crippen LogP contribution is 2.02. The number of hydrogen-bond donors (Lipinski definition) is 1. The second-order valence-corrected chi connectivity index (χ2v) is 5.63. The van der Waals surface area contributed by atoms with Crippen molar-refractivity contribution in [3.05, 3.63) is 0 Å². The molecule has 0 saturated carbocycles. The Morgan fingerprint density at radius 1 is 1.08 bits per heavy atom. The summed E-state index contributed by atoms with van der Waals surface area (Å²) in [5, 5.41) is 0. The summed E-state index contributed by atoms with van der Waals surface area (Å²) in [6, 6.07) is 0. The first kappa shape index (κ1) is 12.1. The minimum Gasteiger partial charge on any atom is -0.364 e. The van der Waals surface area contributed by atoms with Gasteiger partial charge in [-0.1, -0.05) is 13.8 Å². The van der Waals surface area contributed by atoms with Crippen molar-refractivity contribution in [1.29, 1.82) is 0 Å². The number of hydrogen-bond acceptors (Lipinski definition) is 4. The summed E-state index contributed by atoms with van der Waals surface area (Å²) in [6.45, 7) is 5.07. The molecule has 1 N–H and O–H groups in total. The zero-order chi connectivity index (χ0) is 9.61. The van der Waals surface area contributed by atoms with E-state index in [0.29, 0.717) is 5.92 Å². The van der Waals surface area contributed by atoms with E-state index in [2.05, 4.69) is 18.8 Å². The first-order valence-electron chi connectivity index (χ1n) is 4.00. The van der Waals surface area contributed by atoms with Crippen LogP contribution in [0.2, 0.25) is 0 Å². The van der Waals surface area contributed by atoms with Crippen LogP contribution in [0, 0.1) is 5.92 Å². The van der Waals surface area contributed by atoms with E-state index in [1.807, 2.05) is 0 Å². The number of rotatable bonds is 6. The zero-order valence-corrected chi connectivity index (χ0v) is 9.51. The largest absolute Gasteiger partial charge is 0.596 e. The zero-order valence-electron chi connectivity index (χ0n) is 8.51. The summed E-state index contributed by atoms with van der Waals surface area (Å²) < 4.78 is 15.5. The summed E-state index contributed by atoms with van der Waals surface area (Å²) in [6.07, 6.45) is 0. The van der Waals surface area contributed by atoms with Gasteiger partial charge < -0.3 is 13.3 Å². The molecule has 0 aliphatic carbocycles. The van der Waals surface area contributed by atoms with Crippen molar-refractivity contribution in [2.75, 3.05) is 27.9 Å². The molecule has 0 aliphatic heterocycles. The molecule has 4 nitrogen and oxygen atoms in total. The molecule has 5 heteroatoms. The molecule has 0 unspecified atom stereocenters. The van der Waals surface area contributed by atoms with Gasteiger partial charge in [-0.15, -0.1) is 0 Å². The molecule has 12 heavy (non-hydrogen) atoms. The molecule has 0 aromatic carbocycles. The Morgan fingerprint density at radius 3 is 1.75 bits per heavy atom. The van der Waals surface area contributed by atoms with Gasteiger partial charge in [0.05, 0.1) is 0 Å². The van der Waals surface area contributed by atoms with Gasteiger partial charge in [-0.25, -0.2) is 0 Å². The Labute approximate surface area is 75.7 Å². The van der Waals surface area contributed by atoms with Crippen LogP contribution < -0.4 is 4.98 Å². The van der Waals surface area contributed by atoms with Gasteiger partial charge in [0.1, 0.15) is 0 Å². The molecule has 0 bridgehead atoms. The van der Waals surface area contributed by atoms with Crippen molar-refractivity contribution in [3.63, 3.8) is 0 Å². The van der Waals surface area contributed by atoms with E-state index >= 15 is 0 Å². The van der Waals surface area contributed by atoms with Gasteiger partial charge in [-0.2, -0.15) is 0 Å². The predicted molar refractivity (Wildman–Crippen MR) is 49.6 cm³/mol. The topological polar surface area (TPSA) is 39.7 Å². The summed E-state index contributed by atoms with van der Waals surface area (Å²) in [7, 11) is 2.24. The van der Waals surface area contributed by atoms with Crippen molar-refractivity contribution in [2.24, 2.45) is 5.92 Å². The van der Waals surface area contributed by atoms with Crippen LogP contribution in [-0.2, 0) is 13.3 Å². The monoisotopic (exact) mass is 193 g/mol. The molecule has 74 valence electrons. The molecule has 0 fully saturated rings. The number of nitrogens with one attached hydrogen (secondary N) is 1. The molecule has 0 amide bonds. The Bertz CT molecular complexity index is 109. The SMILES string of the molecule is CO[Si](NCC(C)C)(OC)OC. The minimum atomic E-state index is -2.53. The normalized spacial score (nSPS) is 12.5. The maximum Gasteiger partial charge on any atom is 0.596 e. The van der Waals surface area contributed by atoms with Crippen LogP contribution in [0.1, 0.15) is 13.8 Å². The molecule has 0 aromatic heterocycles. The highest BCUT2D eigenvalue weighted by molar-refractivity contribution is 6.57. The smallest absolute Gasteiger partial charge is 0.364 e. The molecule has 0 heterocycles. The lowest BCUT2D eigenvalue weighted by molar-refractivity contribution is 0.109. The third-order valence-corrected chi connectivity index (χ3v) is 3.78. The lowest BCUT2D eigenvalue weighted by atomic mass is 10.2. The van der Waals surface area contributed by atoms with Gasteiger partial charge in [0.15, 0.2) is 0 Å². The second-order valence-electron chi connectivity index (χ2n) is 2.94. The van der Waals surface area contributed by atoms with E-state index < -0.39 is 8.97 Å². The van der Waals surface area contributed by atoms with Gasteiger partial charge >= 0.3 is 8.97 Å². The summed E-state index contributed by atoms with van der Waals surface area (Å²) in [5.41, 5.74) is 0. The van der Waals surface area contributed by atoms with Crippen molar-refractivity contribution in [1.82, 2.24) is 4.98 Å². The van der Waals surface area contributed by atoms with Crippen LogP contribution in [0.4, 0.5) is 0 Å². The van der Waals surface area contributed by atoms with Gasteiger partial charge in [-0.3, -0.25) is 4.98 Å². The highest BCUT2D eigenvalue weighted by Gasteiger charge is 2.38. The first-order valence-corrected chi connectivity index (χ1v) is 5.73. The highest BCUT2D eigenvalue weighted by atomic mass is 28.4. The summed E-state index contributed by atoms with van der Waals surface area (Å²) in [4.78, 5) is 3.15. The maximum absolute atomic E-state index is 5.17. The molecule has 0 rings (SSSR count). The predicted octanol–water partition coefficient (Wildman–Crippen LogP) is 0.607. The molecule has 0 radical (unpaired) electrons. The minimum absolute atomic E-state index is 0.553. The van der Waals surface area contributed by atoms with Crippen molar-refractivity contribution in [3.8, 4) is 0 Å². The van der Waals surface area contributed by atoms with Gasteiger partial charge in [0, 0.05) is 21.3 Å². The molecule has 0 spiro atoms. The van der Waals surface area contributed by atoms with Gasteiger partial charge in [0.25, 0.3) is 0 Å². The van der Waals surface area contributed by atoms with Crippen LogP contribution in [0.5, 0.6) is 0 Å². The van der Waals surface area contributed by atoms with Crippen LogP contribution >= 0.6 is 0 Å². The third kappa shape index (κ3) is 3.64. The van der Waals surface area contributed by atoms with Crippen LogP contribution in [0.3, 0.4) is 0 Å². The van der Waals surface area contributed by atoms with Crippen molar-refractivity contribution < 1.29 is 13.3 Å².